The fourth-order valence-electron chi connectivity index (χ4n) is 3.81. The molecule has 7 heteroatoms. The van der Waals surface area contributed by atoms with E-state index in [4.69, 9.17) is 4.74 Å². The lowest BCUT2D eigenvalue weighted by atomic mass is 9.95. The van der Waals surface area contributed by atoms with Gasteiger partial charge in [0.05, 0.1) is 6.04 Å². The third-order valence-electron chi connectivity index (χ3n) is 5.27. The summed E-state index contributed by atoms with van der Waals surface area (Å²) < 4.78 is 7.81. The summed E-state index contributed by atoms with van der Waals surface area (Å²) in [6.45, 7) is 0.496. The second kappa shape index (κ2) is 8.33. The van der Waals surface area contributed by atoms with Crippen molar-refractivity contribution >= 4 is 11.6 Å². The molecule has 2 aromatic rings. The van der Waals surface area contributed by atoms with Crippen molar-refractivity contribution in [3.63, 3.8) is 0 Å². The van der Waals surface area contributed by atoms with E-state index in [0.29, 0.717) is 25.5 Å². The summed E-state index contributed by atoms with van der Waals surface area (Å²) in [4.78, 5) is 11.4. The van der Waals surface area contributed by atoms with Crippen LogP contribution in [0.2, 0.25) is 0 Å². The number of aromatic nitrogens is 4. The van der Waals surface area contributed by atoms with Crippen LogP contribution in [0, 0.1) is 0 Å². The van der Waals surface area contributed by atoms with E-state index in [0.717, 1.165) is 29.2 Å². The van der Waals surface area contributed by atoms with E-state index in [-0.39, 0.29) is 5.91 Å². The summed E-state index contributed by atoms with van der Waals surface area (Å²) in [5.41, 5.74) is 2.02. The van der Waals surface area contributed by atoms with E-state index < -0.39 is 0 Å². The van der Waals surface area contributed by atoms with Crippen LogP contribution in [-0.4, -0.2) is 32.7 Å². The van der Waals surface area contributed by atoms with Gasteiger partial charge in [0.15, 0.2) is 5.82 Å². The normalized spacial score (nSPS) is 17.7. The maximum atomic E-state index is 11.4. The van der Waals surface area contributed by atoms with E-state index in [1.54, 1.807) is 0 Å². The standard InChI is InChI=1S/C20H25N5O2/c26-20-12-9-15-14-17(10-11-18(15)21-20)27-13-5-4-8-19-22-23-24-25(19)16-6-2-1-3-7-16/h4-5,10-11,14,16H,1-3,6-9,12-13H2,(H,21,26)/b5-4+. The van der Waals surface area contributed by atoms with Gasteiger partial charge in [0.1, 0.15) is 12.4 Å². The number of hydrogen-bond donors (Lipinski definition) is 1. The van der Waals surface area contributed by atoms with Crippen molar-refractivity contribution in [2.45, 2.75) is 57.4 Å². The van der Waals surface area contributed by atoms with E-state index in [9.17, 15) is 4.79 Å². The van der Waals surface area contributed by atoms with Crippen molar-refractivity contribution in [3.05, 3.63) is 41.7 Å². The Balaban J connectivity index is 1.28. The molecule has 1 aliphatic carbocycles. The lowest BCUT2D eigenvalue weighted by molar-refractivity contribution is -0.116. The van der Waals surface area contributed by atoms with Gasteiger partial charge in [-0.1, -0.05) is 31.4 Å². The Morgan fingerprint density at radius 2 is 2.07 bits per heavy atom. The predicted molar refractivity (Wildman–Crippen MR) is 102 cm³/mol. The number of anilines is 1. The SMILES string of the molecule is O=C1CCc2cc(OC/C=C/Cc3nnnn3C3CCCCC3)ccc2N1. The van der Waals surface area contributed by atoms with Crippen molar-refractivity contribution in [3.8, 4) is 5.75 Å². The van der Waals surface area contributed by atoms with Crippen LogP contribution in [0.1, 0.15) is 56.0 Å². The molecule has 1 amide bonds. The first-order chi connectivity index (χ1) is 13.3. The lowest BCUT2D eigenvalue weighted by Gasteiger charge is -2.22. The van der Waals surface area contributed by atoms with Gasteiger partial charge in [0, 0.05) is 18.5 Å². The molecular formula is C20H25N5O2. The van der Waals surface area contributed by atoms with Crippen molar-refractivity contribution in [1.29, 1.82) is 0 Å². The second-order valence-electron chi connectivity index (χ2n) is 7.19. The minimum atomic E-state index is 0.0784. The molecule has 27 heavy (non-hydrogen) atoms. The fourth-order valence-corrected chi connectivity index (χ4v) is 3.81. The van der Waals surface area contributed by atoms with Crippen molar-refractivity contribution in [2.75, 3.05) is 11.9 Å². The minimum absolute atomic E-state index is 0.0784. The number of fused-ring (bicyclic) bond motifs is 1. The average molecular weight is 367 g/mol. The van der Waals surface area contributed by atoms with Gasteiger partial charge in [-0.2, -0.15) is 0 Å². The van der Waals surface area contributed by atoms with Gasteiger partial charge in [-0.15, -0.1) is 5.10 Å². The van der Waals surface area contributed by atoms with Gasteiger partial charge in [0.25, 0.3) is 0 Å². The lowest BCUT2D eigenvalue weighted by Crippen LogP contribution is -2.18. The van der Waals surface area contributed by atoms with E-state index in [1.807, 2.05) is 29.0 Å². The van der Waals surface area contributed by atoms with Crippen molar-refractivity contribution < 1.29 is 9.53 Å². The number of carbonyl (C=O) groups is 1. The van der Waals surface area contributed by atoms with Gasteiger partial charge in [-0.3, -0.25) is 4.79 Å². The Morgan fingerprint density at radius 3 is 2.96 bits per heavy atom. The van der Waals surface area contributed by atoms with E-state index in [1.165, 1.54) is 32.1 Å². The van der Waals surface area contributed by atoms with Crippen LogP contribution in [0.4, 0.5) is 5.69 Å². The molecule has 0 atom stereocenters. The Morgan fingerprint density at radius 1 is 1.19 bits per heavy atom. The molecule has 2 aliphatic rings. The maximum absolute atomic E-state index is 11.4. The summed E-state index contributed by atoms with van der Waals surface area (Å²) in [6, 6.07) is 6.25. The number of allylic oxidation sites excluding steroid dienone is 1. The highest BCUT2D eigenvalue weighted by Gasteiger charge is 2.19. The van der Waals surface area contributed by atoms with Gasteiger partial charge in [-0.25, -0.2) is 4.68 Å². The molecule has 4 rings (SSSR count). The molecule has 0 bridgehead atoms. The Kier molecular flexibility index (Phi) is 5.46. The number of ether oxygens (including phenoxy) is 1. The summed E-state index contributed by atoms with van der Waals surface area (Å²) in [5, 5.41) is 15.1. The zero-order valence-corrected chi connectivity index (χ0v) is 15.4. The smallest absolute Gasteiger partial charge is 0.224 e. The van der Waals surface area contributed by atoms with Gasteiger partial charge >= 0.3 is 0 Å². The average Bonchev–Trinajstić information content (AvgIpc) is 3.17. The molecule has 1 aliphatic heterocycles. The number of tetrazole rings is 1. The molecule has 1 N–H and O–H groups in total. The maximum Gasteiger partial charge on any atom is 0.224 e. The number of amides is 1. The van der Waals surface area contributed by atoms with Gasteiger partial charge in [0.2, 0.25) is 5.91 Å². The fraction of sp³-hybridized carbons (Fsp3) is 0.500. The number of benzene rings is 1. The largest absolute Gasteiger partial charge is 0.490 e. The first kappa shape index (κ1) is 17.7. The minimum Gasteiger partial charge on any atom is -0.490 e. The third-order valence-corrected chi connectivity index (χ3v) is 5.27. The van der Waals surface area contributed by atoms with Crippen LogP contribution in [0.25, 0.3) is 0 Å². The molecule has 1 saturated carbocycles. The molecule has 0 saturated heterocycles. The summed E-state index contributed by atoms with van der Waals surface area (Å²) in [7, 11) is 0. The Hall–Kier alpha value is -2.70. The van der Waals surface area contributed by atoms with Crippen LogP contribution < -0.4 is 10.1 Å². The molecule has 0 spiro atoms. The number of nitrogens with one attached hydrogen (secondary N) is 1. The summed E-state index contributed by atoms with van der Waals surface area (Å²) in [5.74, 6) is 1.82. The highest BCUT2D eigenvalue weighted by molar-refractivity contribution is 5.93. The van der Waals surface area contributed by atoms with Gasteiger partial charge in [-0.05, 0) is 53.5 Å². The quantitative estimate of drug-likeness (QED) is 0.793. The monoisotopic (exact) mass is 367 g/mol. The van der Waals surface area contributed by atoms with Crippen molar-refractivity contribution in [2.24, 2.45) is 0 Å². The van der Waals surface area contributed by atoms with Crippen molar-refractivity contribution in [1.82, 2.24) is 20.2 Å². The number of carbonyl (C=O) groups excluding carboxylic acids is 1. The van der Waals surface area contributed by atoms with Crippen LogP contribution in [0.5, 0.6) is 5.75 Å². The topological polar surface area (TPSA) is 81.9 Å². The van der Waals surface area contributed by atoms with Crippen LogP contribution in [0.3, 0.4) is 0 Å². The zero-order valence-electron chi connectivity index (χ0n) is 15.4. The third kappa shape index (κ3) is 4.35. The van der Waals surface area contributed by atoms with Crippen LogP contribution in [0.15, 0.2) is 30.4 Å². The first-order valence-electron chi connectivity index (χ1n) is 9.77. The van der Waals surface area contributed by atoms with E-state index >= 15 is 0 Å². The van der Waals surface area contributed by atoms with Crippen LogP contribution >= 0.6 is 0 Å². The molecule has 0 unspecified atom stereocenters. The Labute approximate surface area is 158 Å². The first-order valence-corrected chi connectivity index (χ1v) is 9.77. The molecular weight excluding hydrogens is 342 g/mol. The van der Waals surface area contributed by atoms with E-state index in [2.05, 4.69) is 26.9 Å². The molecule has 0 radical (unpaired) electrons. The molecule has 1 aromatic carbocycles. The second-order valence-corrected chi connectivity index (χ2v) is 7.19. The molecule has 1 aromatic heterocycles. The number of hydrogen-bond acceptors (Lipinski definition) is 5. The Bertz CT molecular complexity index is 824. The zero-order chi connectivity index (χ0) is 18.5. The summed E-state index contributed by atoms with van der Waals surface area (Å²) >= 11 is 0. The number of rotatable bonds is 6. The number of nitrogens with zero attached hydrogens (tertiary/aromatic N) is 4. The van der Waals surface area contributed by atoms with Gasteiger partial charge < -0.3 is 10.1 Å². The highest BCUT2D eigenvalue weighted by Crippen LogP contribution is 2.28. The molecule has 142 valence electrons. The molecule has 1 fully saturated rings. The summed E-state index contributed by atoms with van der Waals surface area (Å²) in [6.07, 6.45) is 12.3. The molecule has 7 nitrogen and oxygen atoms in total. The highest BCUT2D eigenvalue weighted by atomic mass is 16.5. The predicted octanol–water partition coefficient (Wildman–Crippen LogP) is 3.24. The molecule has 2 heterocycles. The van der Waals surface area contributed by atoms with Crippen LogP contribution in [-0.2, 0) is 17.6 Å². The number of aryl methyl sites for hydroxylation is 1.